The van der Waals surface area contributed by atoms with Gasteiger partial charge in [0.2, 0.25) is 5.22 Å². The maximum atomic E-state index is 12.6. The van der Waals surface area contributed by atoms with Crippen molar-refractivity contribution in [3.8, 4) is 0 Å². The molecule has 5 heteroatoms. The molecular weight excluding hydrogens is 241 g/mol. The van der Waals surface area contributed by atoms with Gasteiger partial charge < -0.3 is 4.74 Å². The van der Waals surface area contributed by atoms with Crippen molar-refractivity contribution in [3.05, 3.63) is 34.3 Å². The molecule has 0 saturated heterocycles. The summed E-state index contributed by atoms with van der Waals surface area (Å²) < 4.78 is 42.8. The zero-order valence-electron chi connectivity index (χ0n) is 8.40. The normalized spacial score (nSPS) is 21.8. The third kappa shape index (κ3) is 2.26. The van der Waals surface area contributed by atoms with Crippen molar-refractivity contribution in [1.29, 1.82) is 0 Å². The van der Waals surface area contributed by atoms with Crippen molar-refractivity contribution in [2.45, 2.75) is 31.9 Å². The van der Waals surface area contributed by atoms with Gasteiger partial charge in [-0.3, -0.25) is 0 Å². The van der Waals surface area contributed by atoms with E-state index in [-0.39, 0.29) is 0 Å². The Morgan fingerprint density at radius 2 is 1.81 bits per heavy atom. The molecule has 0 fully saturated rings. The molecule has 0 aromatic carbocycles. The average molecular weight is 251 g/mol. The molecule has 0 bridgehead atoms. The van der Waals surface area contributed by atoms with E-state index in [4.69, 9.17) is 16.3 Å². The van der Waals surface area contributed by atoms with Crippen LogP contribution in [0.15, 0.2) is 34.3 Å². The summed E-state index contributed by atoms with van der Waals surface area (Å²) in [4.78, 5) is 0. The van der Waals surface area contributed by atoms with Crippen LogP contribution in [0.3, 0.4) is 0 Å². The van der Waals surface area contributed by atoms with Crippen LogP contribution < -0.4 is 0 Å². The van der Waals surface area contributed by atoms with E-state index in [1.807, 2.05) is 0 Å². The number of ether oxygens (including phenoxy) is 1. The fourth-order valence-electron chi connectivity index (χ4n) is 1.81. The molecule has 16 heavy (non-hydrogen) atoms. The molecule has 2 aliphatic rings. The van der Waals surface area contributed by atoms with Gasteiger partial charge in [-0.15, -0.1) is 0 Å². The van der Waals surface area contributed by atoms with Crippen LogP contribution in [-0.2, 0) is 4.74 Å². The number of hydrogen-bond donors (Lipinski definition) is 0. The minimum absolute atomic E-state index is 0.573. The minimum atomic E-state index is -4.47. The fraction of sp³-hybridized carbons (Fsp3) is 0.455. The molecule has 0 unspecified atom stereocenters. The molecule has 0 radical (unpaired) electrons. The van der Waals surface area contributed by atoms with Crippen molar-refractivity contribution in [3.63, 3.8) is 0 Å². The second kappa shape index (κ2) is 4.17. The molecule has 0 spiro atoms. The highest BCUT2D eigenvalue weighted by atomic mass is 35.5. The van der Waals surface area contributed by atoms with Gasteiger partial charge in [0, 0.05) is 6.42 Å². The highest BCUT2D eigenvalue weighted by Crippen LogP contribution is 2.38. The minimum Gasteiger partial charge on any atom is -0.449 e. The first-order valence-corrected chi connectivity index (χ1v) is 5.41. The van der Waals surface area contributed by atoms with E-state index in [2.05, 4.69) is 0 Å². The van der Waals surface area contributed by atoms with Crippen LogP contribution in [0.2, 0.25) is 0 Å². The molecule has 0 saturated carbocycles. The third-order valence-corrected chi connectivity index (χ3v) is 2.92. The fourth-order valence-corrected chi connectivity index (χ4v) is 2.08. The van der Waals surface area contributed by atoms with Crippen molar-refractivity contribution in [2.24, 2.45) is 0 Å². The van der Waals surface area contributed by atoms with E-state index < -0.39 is 17.0 Å². The van der Waals surface area contributed by atoms with Crippen LogP contribution >= 0.6 is 11.6 Å². The van der Waals surface area contributed by atoms with Gasteiger partial charge in [-0.05, 0) is 42.5 Å². The second-order valence-corrected chi connectivity index (χ2v) is 4.12. The second-order valence-electron chi connectivity index (χ2n) is 3.78. The van der Waals surface area contributed by atoms with E-state index in [9.17, 15) is 13.2 Å². The lowest BCUT2D eigenvalue weighted by Gasteiger charge is -2.17. The van der Waals surface area contributed by atoms with E-state index in [0.717, 1.165) is 30.9 Å². The molecule has 1 heterocycles. The van der Waals surface area contributed by atoms with Gasteiger partial charge in [0.05, 0.1) is 0 Å². The molecule has 0 aromatic rings. The van der Waals surface area contributed by atoms with Gasteiger partial charge in [-0.1, -0.05) is 6.08 Å². The van der Waals surface area contributed by atoms with Gasteiger partial charge in [-0.2, -0.15) is 13.2 Å². The topological polar surface area (TPSA) is 9.23 Å². The standard InChI is InChI=1S/C11H10ClF3O/c12-10-8(11(13,14)15)6-5-7-3-1-2-4-9(7)16-10/h5-6H,1-4H2. The SMILES string of the molecule is FC(F)(F)C1=C(Cl)OC2=C(C=C1)CCCC2. The monoisotopic (exact) mass is 250 g/mol. The summed E-state index contributed by atoms with van der Waals surface area (Å²) in [5.41, 5.74) is -0.0905. The summed E-state index contributed by atoms with van der Waals surface area (Å²) in [5, 5.41) is -0.573. The predicted molar refractivity (Wildman–Crippen MR) is 54.7 cm³/mol. The predicted octanol–water partition coefficient (Wildman–Crippen LogP) is 4.41. The van der Waals surface area contributed by atoms with Crippen molar-refractivity contribution < 1.29 is 17.9 Å². The van der Waals surface area contributed by atoms with Gasteiger partial charge in [-0.25, -0.2) is 0 Å². The molecule has 1 aliphatic carbocycles. The summed E-state index contributed by atoms with van der Waals surface area (Å²) >= 11 is 5.54. The third-order valence-electron chi connectivity index (χ3n) is 2.64. The summed E-state index contributed by atoms with van der Waals surface area (Å²) in [6, 6.07) is 0. The summed E-state index contributed by atoms with van der Waals surface area (Å²) in [6.07, 6.45) is 1.30. The van der Waals surface area contributed by atoms with E-state index in [0.29, 0.717) is 12.2 Å². The Labute approximate surface area is 96.2 Å². The molecule has 1 nitrogen and oxygen atoms in total. The van der Waals surface area contributed by atoms with E-state index >= 15 is 0 Å². The Bertz CT molecular complexity index is 391. The smallest absolute Gasteiger partial charge is 0.420 e. The average Bonchev–Trinajstić information content (AvgIpc) is 2.34. The Hall–Kier alpha value is -0.900. The van der Waals surface area contributed by atoms with Gasteiger partial charge >= 0.3 is 6.18 Å². The lowest BCUT2D eigenvalue weighted by atomic mass is 9.97. The molecule has 0 aromatic heterocycles. The number of halogens is 4. The zero-order valence-corrected chi connectivity index (χ0v) is 9.16. The first-order valence-electron chi connectivity index (χ1n) is 5.03. The number of hydrogen-bond acceptors (Lipinski definition) is 1. The molecule has 0 atom stereocenters. The lowest BCUT2D eigenvalue weighted by molar-refractivity contribution is -0.0902. The Morgan fingerprint density at radius 3 is 2.50 bits per heavy atom. The Balaban J connectivity index is 2.34. The van der Waals surface area contributed by atoms with Gasteiger partial charge in [0.15, 0.2) is 0 Å². The lowest BCUT2D eigenvalue weighted by Crippen LogP contribution is -2.11. The highest BCUT2D eigenvalue weighted by molar-refractivity contribution is 6.29. The van der Waals surface area contributed by atoms with Gasteiger partial charge in [0.1, 0.15) is 11.3 Å². The van der Waals surface area contributed by atoms with E-state index in [1.54, 1.807) is 0 Å². The summed E-state index contributed by atoms with van der Waals surface area (Å²) in [5.74, 6) is 0.576. The molecule has 88 valence electrons. The number of rotatable bonds is 0. The van der Waals surface area contributed by atoms with Gasteiger partial charge in [0.25, 0.3) is 0 Å². The van der Waals surface area contributed by atoms with Crippen LogP contribution in [0.1, 0.15) is 25.7 Å². The van der Waals surface area contributed by atoms with Crippen LogP contribution in [0.25, 0.3) is 0 Å². The summed E-state index contributed by atoms with van der Waals surface area (Å²) in [7, 11) is 0. The quantitative estimate of drug-likeness (QED) is 0.619. The molecule has 0 amide bonds. The maximum absolute atomic E-state index is 12.6. The van der Waals surface area contributed by atoms with Crippen LogP contribution in [0, 0.1) is 0 Å². The number of alkyl halides is 3. The largest absolute Gasteiger partial charge is 0.449 e. The zero-order chi connectivity index (χ0) is 11.8. The van der Waals surface area contributed by atoms with E-state index in [1.165, 1.54) is 6.08 Å². The Kier molecular flexibility index (Phi) is 3.02. The first-order chi connectivity index (χ1) is 7.48. The van der Waals surface area contributed by atoms with Crippen molar-refractivity contribution in [1.82, 2.24) is 0 Å². The highest BCUT2D eigenvalue weighted by Gasteiger charge is 2.36. The van der Waals surface area contributed by atoms with Crippen LogP contribution in [0.4, 0.5) is 13.2 Å². The first kappa shape index (κ1) is 11.6. The summed E-state index contributed by atoms with van der Waals surface area (Å²) in [6.45, 7) is 0. The maximum Gasteiger partial charge on any atom is 0.420 e. The molecular formula is C11H10ClF3O. The molecule has 2 rings (SSSR count). The molecule has 1 aliphatic heterocycles. The van der Waals surface area contributed by atoms with Crippen molar-refractivity contribution in [2.75, 3.05) is 0 Å². The Morgan fingerprint density at radius 1 is 1.12 bits per heavy atom. The van der Waals surface area contributed by atoms with Crippen LogP contribution in [-0.4, -0.2) is 6.18 Å². The van der Waals surface area contributed by atoms with Crippen molar-refractivity contribution >= 4 is 11.6 Å². The number of allylic oxidation sites excluding steroid dienone is 5. The molecule has 0 N–H and O–H groups in total. The van der Waals surface area contributed by atoms with Crippen LogP contribution in [0.5, 0.6) is 0 Å².